The van der Waals surface area contributed by atoms with E-state index in [1.165, 1.54) is 4.31 Å². The Morgan fingerprint density at radius 2 is 1.91 bits per heavy atom. The van der Waals surface area contributed by atoms with Crippen LogP contribution in [0.5, 0.6) is 0 Å². The number of amides is 1. The molecule has 3 heterocycles. The molecule has 0 radical (unpaired) electrons. The summed E-state index contributed by atoms with van der Waals surface area (Å²) in [7, 11) is -3.27. The number of carbonyl (C=O) groups excluding carboxylic acids is 1. The van der Waals surface area contributed by atoms with Crippen molar-refractivity contribution in [2.45, 2.75) is 32.5 Å². The summed E-state index contributed by atoms with van der Waals surface area (Å²) in [6.07, 6.45) is 0.144. The third-order valence-corrected chi connectivity index (χ3v) is 6.87. The quantitative estimate of drug-likeness (QED) is 0.712. The maximum absolute atomic E-state index is 12.7. The van der Waals surface area contributed by atoms with Crippen LogP contribution in [0.4, 0.5) is 0 Å². The van der Waals surface area contributed by atoms with E-state index in [0.29, 0.717) is 45.8 Å². The van der Waals surface area contributed by atoms with Crippen molar-refractivity contribution in [3.8, 4) is 0 Å². The normalized spacial score (nSPS) is 32.5. The first-order chi connectivity index (χ1) is 10.9. The highest BCUT2D eigenvalue weighted by atomic mass is 32.2. The second-order valence-electron chi connectivity index (χ2n) is 7.07. The van der Waals surface area contributed by atoms with Crippen molar-refractivity contribution >= 4 is 15.9 Å². The van der Waals surface area contributed by atoms with Gasteiger partial charge in [-0.15, -0.1) is 0 Å². The lowest BCUT2D eigenvalue weighted by Crippen LogP contribution is -2.50. The summed E-state index contributed by atoms with van der Waals surface area (Å²) >= 11 is 0. The molecule has 3 saturated heterocycles. The van der Waals surface area contributed by atoms with Crippen molar-refractivity contribution in [3.63, 3.8) is 0 Å². The first-order valence-corrected chi connectivity index (χ1v) is 9.97. The van der Waals surface area contributed by atoms with Gasteiger partial charge in [0.05, 0.1) is 37.1 Å². The minimum absolute atomic E-state index is 0.0870. The fourth-order valence-corrected chi connectivity index (χ4v) is 5.48. The van der Waals surface area contributed by atoms with Gasteiger partial charge in [-0.05, 0) is 12.3 Å². The summed E-state index contributed by atoms with van der Waals surface area (Å²) < 4.78 is 37.6. The highest BCUT2D eigenvalue weighted by Crippen LogP contribution is 2.34. The molecule has 3 aliphatic heterocycles. The van der Waals surface area contributed by atoms with E-state index in [1.54, 1.807) is 0 Å². The van der Waals surface area contributed by atoms with Gasteiger partial charge in [-0.25, -0.2) is 8.42 Å². The van der Waals surface area contributed by atoms with Crippen LogP contribution in [0.2, 0.25) is 0 Å². The number of morpholine rings is 2. The number of rotatable bonds is 4. The molecule has 3 atom stereocenters. The second kappa shape index (κ2) is 6.66. The maximum atomic E-state index is 12.7. The first kappa shape index (κ1) is 17.1. The molecule has 2 bridgehead atoms. The Hall–Kier alpha value is -0.700. The van der Waals surface area contributed by atoms with E-state index in [2.05, 4.69) is 0 Å². The van der Waals surface area contributed by atoms with E-state index in [4.69, 9.17) is 9.47 Å². The summed E-state index contributed by atoms with van der Waals surface area (Å²) in [6.45, 7) is 6.84. The van der Waals surface area contributed by atoms with E-state index in [0.717, 1.165) is 0 Å². The Kier molecular flexibility index (Phi) is 4.96. The van der Waals surface area contributed by atoms with Crippen LogP contribution >= 0.6 is 0 Å². The van der Waals surface area contributed by atoms with Gasteiger partial charge in [-0.2, -0.15) is 4.31 Å². The monoisotopic (exact) mass is 346 g/mol. The lowest BCUT2D eigenvalue weighted by atomic mass is 9.98. The van der Waals surface area contributed by atoms with Crippen molar-refractivity contribution in [2.24, 2.45) is 11.8 Å². The summed E-state index contributed by atoms with van der Waals surface area (Å²) in [5, 5.41) is 0. The lowest BCUT2D eigenvalue weighted by Gasteiger charge is -2.34. The number of ether oxygens (including phenoxy) is 2. The molecule has 0 N–H and O–H groups in total. The van der Waals surface area contributed by atoms with Crippen LogP contribution in [0.3, 0.4) is 0 Å². The average Bonchev–Trinajstić information content (AvgIpc) is 2.80. The van der Waals surface area contributed by atoms with Crippen LogP contribution in [0.15, 0.2) is 0 Å². The second-order valence-corrected chi connectivity index (χ2v) is 9.08. The molecule has 0 saturated carbocycles. The van der Waals surface area contributed by atoms with Gasteiger partial charge in [0.1, 0.15) is 0 Å². The molecule has 0 unspecified atom stereocenters. The molecule has 1 amide bonds. The minimum atomic E-state index is -3.27. The summed E-state index contributed by atoms with van der Waals surface area (Å²) in [6, 6.07) is 0. The molecule has 3 fully saturated rings. The zero-order chi connectivity index (χ0) is 16.6. The summed E-state index contributed by atoms with van der Waals surface area (Å²) in [5.74, 6) is 0.0988. The van der Waals surface area contributed by atoms with Gasteiger partial charge >= 0.3 is 0 Å². The van der Waals surface area contributed by atoms with Crippen LogP contribution < -0.4 is 0 Å². The molecular weight excluding hydrogens is 320 g/mol. The fourth-order valence-electron chi connectivity index (χ4n) is 3.65. The van der Waals surface area contributed by atoms with Crippen LogP contribution in [0, 0.1) is 11.8 Å². The molecular formula is C15H26N2O5S. The number of hydrogen-bond donors (Lipinski definition) is 0. The highest BCUT2D eigenvalue weighted by Gasteiger charge is 2.48. The molecule has 132 valence electrons. The molecule has 0 aromatic heterocycles. The molecule has 3 rings (SSSR count). The van der Waals surface area contributed by atoms with E-state index >= 15 is 0 Å². The van der Waals surface area contributed by atoms with Gasteiger partial charge in [0.25, 0.3) is 0 Å². The number of sulfonamides is 1. The van der Waals surface area contributed by atoms with Crippen molar-refractivity contribution in [2.75, 3.05) is 45.1 Å². The van der Waals surface area contributed by atoms with Crippen molar-refractivity contribution in [1.29, 1.82) is 0 Å². The maximum Gasteiger partial charge on any atom is 0.228 e. The van der Waals surface area contributed by atoms with E-state index in [9.17, 15) is 13.2 Å². The van der Waals surface area contributed by atoms with Crippen LogP contribution in [-0.2, 0) is 24.3 Å². The van der Waals surface area contributed by atoms with E-state index < -0.39 is 10.0 Å². The van der Waals surface area contributed by atoms with Crippen molar-refractivity contribution in [1.82, 2.24) is 9.21 Å². The number of carbonyl (C=O) groups is 1. The Balaban J connectivity index is 1.67. The third kappa shape index (κ3) is 3.70. The SMILES string of the molecule is CC(C)CS(=O)(=O)N1C[C@@H]2C[C@H](C(=O)N3CCOCC3)[C@H](C1)O2. The highest BCUT2D eigenvalue weighted by molar-refractivity contribution is 7.89. The minimum Gasteiger partial charge on any atom is -0.378 e. The topological polar surface area (TPSA) is 76.2 Å². The molecule has 0 aromatic carbocycles. The number of nitrogens with zero attached hydrogens (tertiary/aromatic N) is 2. The largest absolute Gasteiger partial charge is 0.378 e. The van der Waals surface area contributed by atoms with E-state index in [-0.39, 0.29) is 35.7 Å². The standard InChI is InChI=1S/C15H26N2O5S/c1-11(2)10-23(19,20)17-8-12-7-13(14(9-17)22-12)15(18)16-3-5-21-6-4-16/h11-14H,3-10H2,1-2H3/t12-,13-,14-/m0/s1. The van der Waals surface area contributed by atoms with Crippen molar-refractivity contribution < 1.29 is 22.7 Å². The predicted molar refractivity (Wildman–Crippen MR) is 84.4 cm³/mol. The first-order valence-electron chi connectivity index (χ1n) is 8.36. The van der Waals surface area contributed by atoms with Gasteiger partial charge in [0.2, 0.25) is 15.9 Å². The molecule has 0 aromatic rings. The molecule has 0 aliphatic carbocycles. The zero-order valence-corrected chi connectivity index (χ0v) is 14.6. The molecule has 8 heteroatoms. The van der Waals surface area contributed by atoms with Gasteiger partial charge in [-0.1, -0.05) is 13.8 Å². The van der Waals surface area contributed by atoms with Gasteiger partial charge in [0, 0.05) is 26.2 Å². The molecule has 23 heavy (non-hydrogen) atoms. The predicted octanol–water partition coefficient (Wildman–Crippen LogP) is -0.0797. The smallest absolute Gasteiger partial charge is 0.228 e. The number of hydrogen-bond acceptors (Lipinski definition) is 5. The zero-order valence-electron chi connectivity index (χ0n) is 13.8. The molecule has 0 spiro atoms. The van der Waals surface area contributed by atoms with E-state index in [1.807, 2.05) is 18.7 Å². The molecule has 7 nitrogen and oxygen atoms in total. The Bertz CT molecular complexity index is 544. The third-order valence-electron chi connectivity index (χ3n) is 4.70. The van der Waals surface area contributed by atoms with Gasteiger partial charge in [-0.3, -0.25) is 4.79 Å². The van der Waals surface area contributed by atoms with Crippen LogP contribution in [-0.4, -0.2) is 80.9 Å². The summed E-state index contributed by atoms with van der Waals surface area (Å²) in [4.78, 5) is 14.5. The van der Waals surface area contributed by atoms with Crippen molar-refractivity contribution in [3.05, 3.63) is 0 Å². The summed E-state index contributed by atoms with van der Waals surface area (Å²) in [5.41, 5.74) is 0. The Labute approximate surface area is 138 Å². The molecule has 3 aliphatic rings. The van der Waals surface area contributed by atoms with Gasteiger partial charge in [0.15, 0.2) is 0 Å². The van der Waals surface area contributed by atoms with Gasteiger partial charge < -0.3 is 14.4 Å². The Morgan fingerprint density at radius 1 is 1.22 bits per heavy atom. The van der Waals surface area contributed by atoms with Crippen LogP contribution in [0.25, 0.3) is 0 Å². The number of fused-ring (bicyclic) bond motifs is 2. The lowest BCUT2D eigenvalue weighted by molar-refractivity contribution is -0.142. The fraction of sp³-hybridized carbons (Fsp3) is 0.933. The Morgan fingerprint density at radius 3 is 2.57 bits per heavy atom. The van der Waals surface area contributed by atoms with Crippen LogP contribution in [0.1, 0.15) is 20.3 Å². The average molecular weight is 346 g/mol.